The van der Waals surface area contributed by atoms with Crippen molar-refractivity contribution in [3.05, 3.63) is 40.9 Å². The van der Waals surface area contributed by atoms with Crippen LogP contribution in [0.4, 0.5) is 4.39 Å². The summed E-state index contributed by atoms with van der Waals surface area (Å²) in [7, 11) is 0. The average Bonchev–Trinajstić information content (AvgIpc) is 2.68. The van der Waals surface area contributed by atoms with Crippen molar-refractivity contribution in [1.82, 2.24) is 14.9 Å². The maximum atomic E-state index is 13.2. The van der Waals surface area contributed by atoms with Crippen LogP contribution in [-0.4, -0.2) is 16.1 Å². The lowest BCUT2D eigenvalue weighted by atomic mass is 10.2. The SMILES string of the molecule is Fc1cccc(-c2nc(Cl)c3n2CCNC3)c1. The Hall–Kier alpha value is -1.39. The molecule has 88 valence electrons. The number of aromatic nitrogens is 2. The number of rotatable bonds is 1. The van der Waals surface area contributed by atoms with Crippen LogP contribution in [-0.2, 0) is 13.1 Å². The smallest absolute Gasteiger partial charge is 0.152 e. The van der Waals surface area contributed by atoms with Gasteiger partial charge < -0.3 is 9.88 Å². The number of hydrogen-bond acceptors (Lipinski definition) is 2. The zero-order chi connectivity index (χ0) is 11.8. The molecule has 1 N–H and O–H groups in total. The van der Waals surface area contributed by atoms with Crippen LogP contribution in [0.25, 0.3) is 11.4 Å². The van der Waals surface area contributed by atoms with Gasteiger partial charge in [0.25, 0.3) is 0 Å². The number of benzene rings is 1. The predicted octanol–water partition coefficient (Wildman–Crippen LogP) is 2.45. The lowest BCUT2D eigenvalue weighted by molar-refractivity contribution is 0.519. The molecule has 17 heavy (non-hydrogen) atoms. The first-order chi connectivity index (χ1) is 8.25. The van der Waals surface area contributed by atoms with Crippen LogP contribution in [0.1, 0.15) is 5.69 Å². The second-order valence-electron chi connectivity index (χ2n) is 4.01. The Labute approximate surface area is 103 Å². The van der Waals surface area contributed by atoms with Crippen molar-refractivity contribution in [3.8, 4) is 11.4 Å². The Morgan fingerprint density at radius 2 is 2.29 bits per heavy atom. The summed E-state index contributed by atoms with van der Waals surface area (Å²) >= 11 is 6.09. The predicted molar refractivity (Wildman–Crippen MR) is 64.3 cm³/mol. The maximum absolute atomic E-state index is 13.2. The van der Waals surface area contributed by atoms with E-state index in [1.54, 1.807) is 6.07 Å². The number of nitrogens with one attached hydrogen (secondary N) is 1. The summed E-state index contributed by atoms with van der Waals surface area (Å²) in [5.74, 6) is 0.482. The van der Waals surface area contributed by atoms with Gasteiger partial charge in [-0.25, -0.2) is 9.37 Å². The molecule has 0 saturated heterocycles. The van der Waals surface area contributed by atoms with Crippen molar-refractivity contribution < 1.29 is 4.39 Å². The molecule has 3 nitrogen and oxygen atoms in total. The monoisotopic (exact) mass is 251 g/mol. The van der Waals surface area contributed by atoms with Crippen LogP contribution in [0.3, 0.4) is 0 Å². The van der Waals surface area contributed by atoms with E-state index in [-0.39, 0.29) is 5.82 Å². The van der Waals surface area contributed by atoms with Gasteiger partial charge in [-0.1, -0.05) is 23.7 Å². The molecular weight excluding hydrogens is 241 g/mol. The van der Waals surface area contributed by atoms with Gasteiger partial charge in [0, 0.05) is 25.2 Å². The number of halogens is 2. The Morgan fingerprint density at radius 1 is 1.41 bits per heavy atom. The average molecular weight is 252 g/mol. The van der Waals surface area contributed by atoms with E-state index in [9.17, 15) is 4.39 Å². The minimum atomic E-state index is -0.259. The highest BCUT2D eigenvalue weighted by atomic mass is 35.5. The number of hydrogen-bond donors (Lipinski definition) is 1. The third-order valence-electron chi connectivity index (χ3n) is 2.91. The lowest BCUT2D eigenvalue weighted by Gasteiger charge is -2.17. The molecule has 2 aromatic rings. The van der Waals surface area contributed by atoms with Crippen molar-refractivity contribution in [3.63, 3.8) is 0 Å². The van der Waals surface area contributed by atoms with Crippen LogP contribution in [0.5, 0.6) is 0 Å². The molecule has 0 spiro atoms. The van der Waals surface area contributed by atoms with Gasteiger partial charge in [-0.2, -0.15) is 0 Å². The van der Waals surface area contributed by atoms with Crippen LogP contribution in [0.2, 0.25) is 5.15 Å². The van der Waals surface area contributed by atoms with Crippen LogP contribution >= 0.6 is 11.6 Å². The van der Waals surface area contributed by atoms with E-state index in [1.165, 1.54) is 12.1 Å². The molecule has 0 atom stereocenters. The molecule has 1 aliphatic heterocycles. The molecule has 2 heterocycles. The van der Waals surface area contributed by atoms with Gasteiger partial charge in [0.05, 0.1) is 5.69 Å². The van der Waals surface area contributed by atoms with Crippen LogP contribution in [0, 0.1) is 5.82 Å². The van der Waals surface area contributed by atoms with Crippen molar-refractivity contribution in [2.24, 2.45) is 0 Å². The zero-order valence-corrected chi connectivity index (χ0v) is 9.84. The summed E-state index contributed by atoms with van der Waals surface area (Å²) in [5, 5.41) is 3.74. The van der Waals surface area contributed by atoms with Crippen molar-refractivity contribution in [1.29, 1.82) is 0 Å². The largest absolute Gasteiger partial charge is 0.324 e. The Balaban J connectivity index is 2.15. The van der Waals surface area contributed by atoms with E-state index < -0.39 is 0 Å². The molecule has 1 aliphatic rings. The first kappa shape index (κ1) is 10.7. The van der Waals surface area contributed by atoms with Gasteiger partial charge >= 0.3 is 0 Å². The molecule has 0 radical (unpaired) electrons. The van der Waals surface area contributed by atoms with E-state index in [1.807, 2.05) is 10.6 Å². The molecule has 0 aliphatic carbocycles. The van der Waals surface area contributed by atoms with Gasteiger partial charge in [-0.15, -0.1) is 0 Å². The van der Waals surface area contributed by atoms with E-state index in [0.29, 0.717) is 11.7 Å². The zero-order valence-electron chi connectivity index (χ0n) is 9.08. The summed E-state index contributed by atoms with van der Waals surface area (Å²) in [5.41, 5.74) is 1.73. The molecule has 5 heteroatoms. The summed E-state index contributed by atoms with van der Waals surface area (Å²) in [6, 6.07) is 6.43. The van der Waals surface area contributed by atoms with Gasteiger partial charge in [0.2, 0.25) is 0 Å². The maximum Gasteiger partial charge on any atom is 0.152 e. The van der Waals surface area contributed by atoms with Gasteiger partial charge in [-0.3, -0.25) is 0 Å². The molecule has 3 rings (SSSR count). The summed E-state index contributed by atoms with van der Waals surface area (Å²) < 4.78 is 15.3. The van der Waals surface area contributed by atoms with Gasteiger partial charge in [-0.05, 0) is 12.1 Å². The quantitative estimate of drug-likeness (QED) is 0.844. The third-order valence-corrected chi connectivity index (χ3v) is 3.21. The second-order valence-corrected chi connectivity index (χ2v) is 4.37. The number of nitrogens with zero attached hydrogens (tertiary/aromatic N) is 2. The van der Waals surface area contributed by atoms with E-state index in [2.05, 4.69) is 10.3 Å². The van der Waals surface area contributed by atoms with E-state index in [4.69, 9.17) is 11.6 Å². The van der Waals surface area contributed by atoms with Gasteiger partial charge in [0.1, 0.15) is 11.6 Å². The Bertz CT molecular complexity index is 565. The highest BCUT2D eigenvalue weighted by molar-refractivity contribution is 6.30. The van der Waals surface area contributed by atoms with E-state index >= 15 is 0 Å². The Morgan fingerprint density at radius 3 is 3.12 bits per heavy atom. The molecular formula is C12H11ClFN3. The van der Waals surface area contributed by atoms with Crippen LogP contribution < -0.4 is 5.32 Å². The van der Waals surface area contributed by atoms with Crippen molar-refractivity contribution in [2.75, 3.05) is 6.54 Å². The fourth-order valence-corrected chi connectivity index (χ4v) is 2.36. The number of imidazole rings is 1. The lowest BCUT2D eigenvalue weighted by Crippen LogP contribution is -2.28. The first-order valence-corrected chi connectivity index (χ1v) is 5.85. The van der Waals surface area contributed by atoms with Gasteiger partial charge in [0.15, 0.2) is 5.15 Å². The highest BCUT2D eigenvalue weighted by Gasteiger charge is 2.19. The molecule has 0 unspecified atom stereocenters. The van der Waals surface area contributed by atoms with Crippen molar-refractivity contribution in [2.45, 2.75) is 13.1 Å². The first-order valence-electron chi connectivity index (χ1n) is 5.47. The minimum Gasteiger partial charge on any atom is -0.324 e. The molecule has 0 saturated carbocycles. The molecule has 0 bridgehead atoms. The molecule has 1 aromatic carbocycles. The minimum absolute atomic E-state index is 0.259. The molecule has 0 amide bonds. The highest BCUT2D eigenvalue weighted by Crippen LogP contribution is 2.27. The van der Waals surface area contributed by atoms with Crippen LogP contribution in [0.15, 0.2) is 24.3 Å². The normalized spacial score (nSPS) is 14.7. The van der Waals surface area contributed by atoms with Crippen molar-refractivity contribution >= 4 is 11.6 Å². The molecule has 0 fully saturated rings. The standard InChI is InChI=1S/C12H11ClFN3/c13-11-10-7-15-4-5-17(10)12(16-11)8-2-1-3-9(14)6-8/h1-3,6,15H,4-5,7H2. The summed E-state index contributed by atoms with van der Waals surface area (Å²) in [6.07, 6.45) is 0. The summed E-state index contributed by atoms with van der Waals surface area (Å²) in [6.45, 7) is 2.39. The molecule has 1 aromatic heterocycles. The fraction of sp³-hybridized carbons (Fsp3) is 0.250. The number of fused-ring (bicyclic) bond motifs is 1. The second kappa shape index (κ2) is 4.13. The topological polar surface area (TPSA) is 29.9 Å². The fourth-order valence-electron chi connectivity index (χ4n) is 2.11. The third kappa shape index (κ3) is 1.83. The Kier molecular flexibility index (Phi) is 2.61. The van der Waals surface area contributed by atoms with E-state index in [0.717, 1.165) is 30.2 Å². The summed E-state index contributed by atoms with van der Waals surface area (Å²) in [4.78, 5) is 4.33.